The van der Waals surface area contributed by atoms with Gasteiger partial charge in [0.05, 0.1) is 16.6 Å². The van der Waals surface area contributed by atoms with Gasteiger partial charge < -0.3 is 9.42 Å². The first-order valence-electron chi connectivity index (χ1n) is 7.94. The monoisotopic (exact) mass is 354 g/mol. The summed E-state index contributed by atoms with van der Waals surface area (Å²) in [6, 6.07) is 11.1. The first-order valence-corrected chi connectivity index (χ1v) is 8.32. The van der Waals surface area contributed by atoms with Crippen LogP contribution in [0, 0.1) is 6.92 Å². The summed E-state index contributed by atoms with van der Waals surface area (Å²) in [5, 5.41) is 4.55. The van der Waals surface area contributed by atoms with Crippen LogP contribution in [-0.4, -0.2) is 27.6 Å². The van der Waals surface area contributed by atoms with E-state index >= 15 is 0 Å². The second kappa shape index (κ2) is 6.29. The van der Waals surface area contributed by atoms with Gasteiger partial charge in [0, 0.05) is 19.2 Å². The van der Waals surface area contributed by atoms with Crippen molar-refractivity contribution in [1.29, 1.82) is 0 Å². The number of nitrogens with zero attached hydrogens (tertiary/aromatic N) is 4. The molecule has 4 rings (SSSR count). The number of aromatic nitrogens is 3. The van der Waals surface area contributed by atoms with Gasteiger partial charge in [-0.3, -0.25) is 9.78 Å². The van der Waals surface area contributed by atoms with Crippen molar-refractivity contribution in [2.24, 2.45) is 0 Å². The van der Waals surface area contributed by atoms with Crippen LogP contribution in [0.2, 0.25) is 5.02 Å². The molecule has 0 aliphatic carbocycles. The zero-order valence-electron chi connectivity index (χ0n) is 13.5. The van der Waals surface area contributed by atoms with Crippen molar-refractivity contribution >= 4 is 23.2 Å². The van der Waals surface area contributed by atoms with Gasteiger partial charge in [-0.1, -0.05) is 35.0 Å². The number of anilines is 1. The minimum Gasteiger partial charge on any atom is -0.339 e. The highest BCUT2D eigenvalue weighted by atomic mass is 35.5. The summed E-state index contributed by atoms with van der Waals surface area (Å²) in [4.78, 5) is 22.8. The summed E-state index contributed by atoms with van der Waals surface area (Å²) in [5.74, 6) is 0.712. The number of amides is 1. The molecule has 126 valence electrons. The zero-order chi connectivity index (χ0) is 17.4. The fourth-order valence-corrected chi connectivity index (χ4v) is 3.38. The van der Waals surface area contributed by atoms with E-state index < -0.39 is 0 Å². The number of halogens is 1. The second-order valence-corrected chi connectivity index (χ2v) is 6.39. The summed E-state index contributed by atoms with van der Waals surface area (Å²) in [7, 11) is 0. The molecule has 1 amide bonds. The van der Waals surface area contributed by atoms with Crippen molar-refractivity contribution in [2.75, 3.05) is 11.4 Å². The number of aryl methyl sites for hydroxylation is 1. The molecule has 1 saturated heterocycles. The molecule has 1 aliphatic rings. The van der Waals surface area contributed by atoms with Gasteiger partial charge in [0.1, 0.15) is 5.69 Å². The van der Waals surface area contributed by atoms with Crippen molar-refractivity contribution in [3.63, 3.8) is 0 Å². The van der Waals surface area contributed by atoms with E-state index in [1.165, 1.54) is 0 Å². The third-order valence-corrected chi connectivity index (χ3v) is 4.57. The lowest BCUT2D eigenvalue weighted by atomic mass is 10.1. The molecule has 3 aromatic rings. The Bertz CT molecular complexity index is 906. The summed E-state index contributed by atoms with van der Waals surface area (Å²) in [6.45, 7) is 2.40. The van der Waals surface area contributed by atoms with E-state index in [0.717, 1.165) is 11.3 Å². The first kappa shape index (κ1) is 15.8. The molecule has 25 heavy (non-hydrogen) atoms. The van der Waals surface area contributed by atoms with Crippen LogP contribution >= 0.6 is 11.6 Å². The lowest BCUT2D eigenvalue weighted by Gasteiger charge is -2.20. The van der Waals surface area contributed by atoms with Crippen LogP contribution in [0.4, 0.5) is 5.69 Å². The predicted octanol–water partition coefficient (Wildman–Crippen LogP) is 3.61. The fraction of sp³-hybridized carbons (Fsp3) is 0.222. The average Bonchev–Trinajstić information content (AvgIpc) is 3.23. The molecule has 0 radical (unpaired) electrons. The molecule has 0 bridgehead atoms. The molecule has 6 nitrogen and oxygen atoms in total. The number of hydrogen-bond acceptors (Lipinski definition) is 5. The summed E-state index contributed by atoms with van der Waals surface area (Å²) >= 11 is 6.30. The molecule has 1 fully saturated rings. The first-order chi connectivity index (χ1) is 12.1. The summed E-state index contributed by atoms with van der Waals surface area (Å²) in [6.07, 6.45) is 1.99. The van der Waals surface area contributed by atoms with E-state index in [1.807, 2.05) is 37.3 Å². The molecule has 0 saturated carbocycles. The van der Waals surface area contributed by atoms with E-state index in [-0.39, 0.29) is 11.8 Å². The van der Waals surface area contributed by atoms with Crippen molar-refractivity contribution in [3.8, 4) is 11.5 Å². The minimum absolute atomic E-state index is 0.00112. The highest BCUT2D eigenvalue weighted by Gasteiger charge is 2.36. The maximum Gasteiger partial charge on any atom is 0.232 e. The van der Waals surface area contributed by atoms with Crippen LogP contribution in [0.5, 0.6) is 0 Å². The summed E-state index contributed by atoms with van der Waals surface area (Å²) < 4.78 is 5.38. The lowest BCUT2D eigenvalue weighted by Crippen LogP contribution is -2.25. The van der Waals surface area contributed by atoms with Crippen LogP contribution in [0.3, 0.4) is 0 Å². The largest absolute Gasteiger partial charge is 0.339 e. The Morgan fingerprint density at radius 2 is 2.12 bits per heavy atom. The smallest absolute Gasteiger partial charge is 0.232 e. The van der Waals surface area contributed by atoms with Crippen LogP contribution in [-0.2, 0) is 4.79 Å². The molecular formula is C18H15ClN4O2. The third kappa shape index (κ3) is 2.89. The van der Waals surface area contributed by atoms with Crippen LogP contribution in [0.25, 0.3) is 11.5 Å². The van der Waals surface area contributed by atoms with Crippen molar-refractivity contribution < 1.29 is 9.32 Å². The van der Waals surface area contributed by atoms with Crippen LogP contribution < -0.4 is 4.90 Å². The Morgan fingerprint density at radius 3 is 2.88 bits per heavy atom. The van der Waals surface area contributed by atoms with Gasteiger partial charge in [-0.05, 0) is 30.7 Å². The molecule has 1 atom stereocenters. The van der Waals surface area contributed by atoms with E-state index in [4.69, 9.17) is 16.1 Å². The Hall–Kier alpha value is -2.73. The van der Waals surface area contributed by atoms with E-state index in [9.17, 15) is 4.79 Å². The fourth-order valence-electron chi connectivity index (χ4n) is 3.05. The van der Waals surface area contributed by atoms with E-state index in [0.29, 0.717) is 35.4 Å². The van der Waals surface area contributed by atoms with Gasteiger partial charge in [0.25, 0.3) is 0 Å². The number of hydrogen-bond donors (Lipinski definition) is 0. The maximum absolute atomic E-state index is 12.5. The maximum atomic E-state index is 12.5. The Morgan fingerprint density at radius 1 is 1.24 bits per heavy atom. The summed E-state index contributed by atoms with van der Waals surface area (Å²) in [5.41, 5.74) is 2.35. The topological polar surface area (TPSA) is 72.1 Å². The molecule has 0 spiro atoms. The van der Waals surface area contributed by atoms with E-state index in [1.54, 1.807) is 17.2 Å². The SMILES string of the molecule is Cc1cccc(Cl)c1N1CC(c2nc(-c3ccccn3)no2)CC1=O. The van der Waals surface area contributed by atoms with Gasteiger partial charge in [-0.15, -0.1) is 0 Å². The number of pyridine rings is 1. The highest BCUT2D eigenvalue weighted by molar-refractivity contribution is 6.34. The molecule has 1 aromatic carbocycles. The number of rotatable bonds is 3. The van der Waals surface area contributed by atoms with Gasteiger partial charge >= 0.3 is 0 Å². The van der Waals surface area contributed by atoms with Gasteiger partial charge in [-0.25, -0.2) is 0 Å². The molecule has 0 N–H and O–H groups in total. The average molecular weight is 355 g/mol. The Balaban J connectivity index is 1.60. The quantitative estimate of drug-likeness (QED) is 0.718. The number of carbonyl (C=O) groups excluding carboxylic acids is 1. The molecule has 3 heterocycles. The van der Waals surface area contributed by atoms with Gasteiger partial charge in [-0.2, -0.15) is 4.98 Å². The molecule has 2 aromatic heterocycles. The molecule has 1 aliphatic heterocycles. The standard InChI is InChI=1S/C18H15ClN4O2/c1-11-5-4-6-13(19)16(11)23-10-12(9-15(23)24)18-21-17(22-25-18)14-7-2-3-8-20-14/h2-8,12H,9-10H2,1H3. The molecule has 1 unspecified atom stereocenters. The zero-order valence-corrected chi connectivity index (χ0v) is 14.3. The van der Waals surface area contributed by atoms with Crippen LogP contribution in [0.15, 0.2) is 47.1 Å². The molecular weight excluding hydrogens is 340 g/mol. The van der Waals surface area contributed by atoms with Crippen LogP contribution in [0.1, 0.15) is 23.8 Å². The van der Waals surface area contributed by atoms with Crippen molar-refractivity contribution in [1.82, 2.24) is 15.1 Å². The number of para-hydroxylation sites is 1. The Kier molecular flexibility index (Phi) is 3.97. The predicted molar refractivity (Wildman–Crippen MR) is 93.4 cm³/mol. The van der Waals surface area contributed by atoms with Gasteiger partial charge in [0.2, 0.25) is 17.6 Å². The normalized spacial score (nSPS) is 17.3. The lowest BCUT2D eigenvalue weighted by molar-refractivity contribution is -0.117. The number of carbonyl (C=O) groups is 1. The Labute approximate surface area is 149 Å². The van der Waals surface area contributed by atoms with Gasteiger partial charge in [0.15, 0.2) is 0 Å². The van der Waals surface area contributed by atoms with Crippen molar-refractivity contribution in [3.05, 3.63) is 59.1 Å². The van der Waals surface area contributed by atoms with E-state index in [2.05, 4.69) is 15.1 Å². The highest BCUT2D eigenvalue weighted by Crippen LogP contribution is 2.37. The molecule has 7 heteroatoms. The van der Waals surface area contributed by atoms with Crippen molar-refractivity contribution in [2.45, 2.75) is 19.3 Å². The second-order valence-electron chi connectivity index (χ2n) is 5.98. The number of benzene rings is 1. The third-order valence-electron chi connectivity index (χ3n) is 4.27. The minimum atomic E-state index is -0.159.